The van der Waals surface area contributed by atoms with Crippen LogP contribution in [0.15, 0.2) is 24.7 Å². The molecule has 1 N–H and O–H groups in total. The van der Waals surface area contributed by atoms with Gasteiger partial charge in [-0.2, -0.15) is 5.10 Å². The number of halogens is 1. The van der Waals surface area contributed by atoms with Crippen LogP contribution in [-0.4, -0.2) is 19.7 Å². The van der Waals surface area contributed by atoms with Crippen molar-refractivity contribution in [2.75, 3.05) is 5.32 Å². The summed E-state index contributed by atoms with van der Waals surface area (Å²) in [7, 11) is 1.78. The fourth-order valence-electron chi connectivity index (χ4n) is 1.14. The third-order valence-electron chi connectivity index (χ3n) is 1.82. The van der Waals surface area contributed by atoms with Gasteiger partial charge in [0.15, 0.2) is 17.5 Å². The van der Waals surface area contributed by atoms with Crippen LogP contribution in [0.5, 0.6) is 0 Å². The van der Waals surface area contributed by atoms with Crippen LogP contribution in [0.3, 0.4) is 0 Å². The predicted octanol–water partition coefficient (Wildman–Crippen LogP) is 0.961. The number of anilines is 1. The summed E-state index contributed by atoms with van der Waals surface area (Å²) in [5.74, 6) is 0.431. The fraction of sp³-hybridized carbons (Fsp3) is 0.222. The minimum absolute atomic E-state index is 0.213. The monoisotopic (exact) mass is 207 g/mol. The van der Waals surface area contributed by atoms with Crippen LogP contribution in [0, 0.1) is 5.82 Å². The summed E-state index contributed by atoms with van der Waals surface area (Å²) < 4.78 is 14.7. The first-order chi connectivity index (χ1) is 7.25. The normalized spacial score (nSPS) is 10.3. The first-order valence-electron chi connectivity index (χ1n) is 4.44. The van der Waals surface area contributed by atoms with Gasteiger partial charge in [-0.1, -0.05) is 0 Å². The van der Waals surface area contributed by atoms with E-state index in [1.54, 1.807) is 24.1 Å². The van der Waals surface area contributed by atoms with Crippen molar-refractivity contribution in [2.45, 2.75) is 6.54 Å². The van der Waals surface area contributed by atoms with E-state index < -0.39 is 0 Å². The lowest BCUT2D eigenvalue weighted by Crippen LogP contribution is -2.05. The Morgan fingerprint density at radius 1 is 1.47 bits per heavy atom. The molecule has 0 atom stereocenters. The summed E-state index contributed by atoms with van der Waals surface area (Å²) in [6, 6.07) is 2.89. The zero-order valence-electron chi connectivity index (χ0n) is 8.18. The summed E-state index contributed by atoms with van der Waals surface area (Å²) in [5.41, 5.74) is 0. The Morgan fingerprint density at radius 3 is 3.00 bits per heavy atom. The molecule has 0 aliphatic carbocycles. The molecule has 0 bridgehead atoms. The van der Waals surface area contributed by atoms with Gasteiger partial charge in [0.1, 0.15) is 6.33 Å². The van der Waals surface area contributed by atoms with Crippen molar-refractivity contribution in [1.29, 1.82) is 0 Å². The smallest absolute Gasteiger partial charge is 0.169 e. The van der Waals surface area contributed by atoms with E-state index in [9.17, 15) is 4.39 Å². The van der Waals surface area contributed by atoms with Gasteiger partial charge in [-0.3, -0.25) is 4.68 Å². The van der Waals surface area contributed by atoms with Crippen LogP contribution in [-0.2, 0) is 13.6 Å². The van der Waals surface area contributed by atoms with Crippen molar-refractivity contribution >= 4 is 5.82 Å². The number of hydrogen-bond donors (Lipinski definition) is 1. The third-order valence-corrected chi connectivity index (χ3v) is 1.82. The molecule has 6 heteroatoms. The van der Waals surface area contributed by atoms with E-state index >= 15 is 0 Å². The second-order valence-corrected chi connectivity index (χ2v) is 3.02. The van der Waals surface area contributed by atoms with E-state index in [1.165, 1.54) is 12.3 Å². The van der Waals surface area contributed by atoms with Gasteiger partial charge in [0, 0.05) is 13.2 Å². The highest BCUT2D eigenvalue weighted by Gasteiger charge is 2.03. The van der Waals surface area contributed by atoms with Gasteiger partial charge in [-0.15, -0.1) is 0 Å². The molecule has 0 saturated heterocycles. The van der Waals surface area contributed by atoms with E-state index in [1.807, 2.05) is 0 Å². The topological polar surface area (TPSA) is 55.6 Å². The molecule has 0 fully saturated rings. The van der Waals surface area contributed by atoms with E-state index in [0.29, 0.717) is 12.4 Å². The van der Waals surface area contributed by atoms with Gasteiger partial charge in [0.05, 0.1) is 6.54 Å². The first kappa shape index (κ1) is 9.57. The van der Waals surface area contributed by atoms with Gasteiger partial charge in [0.2, 0.25) is 0 Å². The molecule has 15 heavy (non-hydrogen) atoms. The average molecular weight is 207 g/mol. The van der Waals surface area contributed by atoms with Crippen LogP contribution >= 0.6 is 0 Å². The van der Waals surface area contributed by atoms with Crippen LogP contribution in [0.4, 0.5) is 10.2 Å². The Hall–Kier alpha value is -1.98. The molecular formula is C9H10FN5. The summed E-state index contributed by atoms with van der Waals surface area (Å²) in [5, 5.41) is 6.87. The van der Waals surface area contributed by atoms with Gasteiger partial charge >= 0.3 is 0 Å². The molecule has 2 aromatic heterocycles. The molecule has 0 aliphatic heterocycles. The maximum atomic E-state index is 13.1. The van der Waals surface area contributed by atoms with Gasteiger partial charge in [-0.05, 0) is 12.1 Å². The maximum Gasteiger partial charge on any atom is 0.169 e. The molecule has 2 heterocycles. The summed E-state index contributed by atoms with van der Waals surface area (Å²) in [6.45, 7) is 0.356. The van der Waals surface area contributed by atoms with Crippen molar-refractivity contribution in [1.82, 2.24) is 19.7 Å². The number of rotatable bonds is 3. The van der Waals surface area contributed by atoms with Crippen molar-refractivity contribution in [3.05, 3.63) is 36.3 Å². The standard InChI is InChI=1S/C9H10FN5/c1-15-6-13-8(14-15)5-12-9-7(10)3-2-4-11-9/h2-4,6H,5H2,1H3,(H,11,12). The zero-order valence-corrected chi connectivity index (χ0v) is 8.18. The van der Waals surface area contributed by atoms with Crippen LogP contribution in [0.1, 0.15) is 5.82 Å². The molecule has 2 rings (SSSR count). The predicted molar refractivity (Wildman–Crippen MR) is 52.5 cm³/mol. The Bertz CT molecular complexity index is 453. The number of pyridine rings is 1. The minimum atomic E-state index is -0.381. The molecule has 0 unspecified atom stereocenters. The molecule has 0 saturated carbocycles. The summed E-state index contributed by atoms with van der Waals surface area (Å²) in [6.07, 6.45) is 3.11. The molecular weight excluding hydrogens is 197 g/mol. The lowest BCUT2D eigenvalue weighted by atomic mass is 10.4. The van der Waals surface area contributed by atoms with Gasteiger partial charge in [0.25, 0.3) is 0 Å². The molecule has 0 spiro atoms. The lowest BCUT2D eigenvalue weighted by Gasteiger charge is -2.02. The second kappa shape index (κ2) is 4.04. The highest BCUT2D eigenvalue weighted by Crippen LogP contribution is 2.08. The highest BCUT2D eigenvalue weighted by atomic mass is 19.1. The Balaban J connectivity index is 2.02. The van der Waals surface area contributed by atoms with Crippen molar-refractivity contribution in [3.8, 4) is 0 Å². The van der Waals surface area contributed by atoms with E-state index in [4.69, 9.17) is 0 Å². The van der Waals surface area contributed by atoms with Crippen molar-refractivity contribution in [2.24, 2.45) is 7.05 Å². The maximum absolute atomic E-state index is 13.1. The third kappa shape index (κ3) is 2.28. The Morgan fingerprint density at radius 2 is 2.33 bits per heavy atom. The quantitative estimate of drug-likeness (QED) is 0.814. The number of nitrogens with zero attached hydrogens (tertiary/aromatic N) is 4. The van der Waals surface area contributed by atoms with E-state index in [-0.39, 0.29) is 11.6 Å². The van der Waals surface area contributed by atoms with Crippen molar-refractivity contribution < 1.29 is 4.39 Å². The molecule has 0 aliphatic rings. The largest absolute Gasteiger partial charge is 0.360 e. The Kier molecular flexibility index (Phi) is 2.57. The summed E-state index contributed by atoms with van der Waals surface area (Å²) >= 11 is 0. The molecule has 0 aromatic carbocycles. The molecule has 0 radical (unpaired) electrons. The number of aromatic nitrogens is 4. The minimum Gasteiger partial charge on any atom is -0.360 e. The molecule has 78 valence electrons. The van der Waals surface area contributed by atoms with Crippen LogP contribution in [0.25, 0.3) is 0 Å². The fourth-order valence-corrected chi connectivity index (χ4v) is 1.14. The SMILES string of the molecule is Cn1cnc(CNc2ncccc2F)n1. The number of nitrogens with one attached hydrogen (secondary N) is 1. The average Bonchev–Trinajstić information content (AvgIpc) is 2.63. The Labute approximate surface area is 86.0 Å². The summed E-state index contributed by atoms with van der Waals surface area (Å²) in [4.78, 5) is 7.85. The van der Waals surface area contributed by atoms with Crippen LogP contribution < -0.4 is 5.32 Å². The molecule has 2 aromatic rings. The van der Waals surface area contributed by atoms with Crippen LogP contribution in [0.2, 0.25) is 0 Å². The van der Waals surface area contributed by atoms with Gasteiger partial charge < -0.3 is 5.32 Å². The highest BCUT2D eigenvalue weighted by molar-refractivity contribution is 5.35. The molecule has 0 amide bonds. The first-order valence-corrected chi connectivity index (χ1v) is 4.44. The van der Waals surface area contributed by atoms with Crippen molar-refractivity contribution in [3.63, 3.8) is 0 Å². The van der Waals surface area contributed by atoms with E-state index in [2.05, 4.69) is 20.4 Å². The number of hydrogen-bond acceptors (Lipinski definition) is 4. The lowest BCUT2D eigenvalue weighted by molar-refractivity contribution is 0.623. The second-order valence-electron chi connectivity index (χ2n) is 3.02. The zero-order chi connectivity index (χ0) is 10.7. The molecule has 5 nitrogen and oxygen atoms in total. The van der Waals surface area contributed by atoms with E-state index in [0.717, 1.165) is 0 Å². The number of aryl methyl sites for hydroxylation is 1. The van der Waals surface area contributed by atoms with Gasteiger partial charge in [-0.25, -0.2) is 14.4 Å².